The zero-order chi connectivity index (χ0) is 21.5. The molecule has 0 aliphatic heterocycles. The molecule has 3 aromatic heterocycles. The number of hydrogen-bond donors (Lipinski definition) is 0. The first kappa shape index (κ1) is 18.6. The number of anilines is 1. The summed E-state index contributed by atoms with van der Waals surface area (Å²) in [5.74, 6) is -0.246. The summed E-state index contributed by atoms with van der Waals surface area (Å²) in [5, 5.41) is 10.1. The van der Waals surface area contributed by atoms with Crippen molar-refractivity contribution >= 4 is 28.1 Å². The SMILES string of the molecule is CN(C(=O)c1cn2c(-c3ccc4c(ccn4C)c3)cnc2cn1)c1ccc(C#N)cc1. The molecule has 0 fully saturated rings. The minimum Gasteiger partial charge on any atom is -0.351 e. The summed E-state index contributed by atoms with van der Waals surface area (Å²) < 4.78 is 3.96. The van der Waals surface area contributed by atoms with Gasteiger partial charge in [0.1, 0.15) is 5.69 Å². The average molecular weight is 406 g/mol. The van der Waals surface area contributed by atoms with E-state index in [-0.39, 0.29) is 5.91 Å². The topological polar surface area (TPSA) is 79.2 Å². The molecule has 0 radical (unpaired) electrons. The van der Waals surface area contributed by atoms with E-state index in [9.17, 15) is 4.79 Å². The van der Waals surface area contributed by atoms with Crippen molar-refractivity contribution < 1.29 is 4.79 Å². The van der Waals surface area contributed by atoms with Crippen molar-refractivity contribution in [2.24, 2.45) is 7.05 Å². The highest BCUT2D eigenvalue weighted by atomic mass is 16.2. The number of benzene rings is 2. The summed E-state index contributed by atoms with van der Waals surface area (Å²) >= 11 is 0. The Bertz CT molecular complexity index is 1490. The Labute approximate surface area is 178 Å². The average Bonchev–Trinajstić information content (AvgIpc) is 3.41. The van der Waals surface area contributed by atoms with Crippen molar-refractivity contribution in [2.75, 3.05) is 11.9 Å². The number of nitrogens with zero attached hydrogens (tertiary/aromatic N) is 6. The smallest absolute Gasteiger partial charge is 0.278 e. The van der Waals surface area contributed by atoms with Crippen molar-refractivity contribution in [3.05, 3.63) is 84.6 Å². The normalized spacial score (nSPS) is 11.0. The van der Waals surface area contributed by atoms with Gasteiger partial charge in [0.2, 0.25) is 0 Å². The van der Waals surface area contributed by atoms with Crippen molar-refractivity contribution in [1.29, 1.82) is 5.26 Å². The van der Waals surface area contributed by atoms with Gasteiger partial charge in [0, 0.05) is 48.6 Å². The quantitative estimate of drug-likeness (QED) is 0.453. The Morgan fingerprint density at radius 2 is 1.87 bits per heavy atom. The van der Waals surface area contributed by atoms with Gasteiger partial charge in [-0.05, 0) is 42.5 Å². The van der Waals surface area contributed by atoms with Gasteiger partial charge in [-0.15, -0.1) is 0 Å². The third kappa shape index (κ3) is 3.11. The van der Waals surface area contributed by atoms with E-state index in [1.807, 2.05) is 17.6 Å². The number of amides is 1. The van der Waals surface area contributed by atoms with Crippen LogP contribution in [-0.2, 0) is 7.05 Å². The second-order valence-corrected chi connectivity index (χ2v) is 7.37. The van der Waals surface area contributed by atoms with Crippen LogP contribution in [0.4, 0.5) is 5.69 Å². The predicted molar refractivity (Wildman–Crippen MR) is 119 cm³/mol. The molecule has 0 unspecified atom stereocenters. The van der Waals surface area contributed by atoms with Gasteiger partial charge in [0.15, 0.2) is 5.65 Å². The van der Waals surface area contributed by atoms with Gasteiger partial charge in [-0.2, -0.15) is 5.26 Å². The number of aromatic nitrogens is 4. The molecule has 1 amide bonds. The van der Waals surface area contributed by atoms with Crippen LogP contribution in [0.3, 0.4) is 0 Å². The lowest BCUT2D eigenvalue weighted by Gasteiger charge is -2.17. The van der Waals surface area contributed by atoms with Crippen LogP contribution in [-0.4, -0.2) is 31.9 Å². The molecule has 0 aliphatic rings. The molecule has 7 heteroatoms. The van der Waals surface area contributed by atoms with Crippen LogP contribution in [0.25, 0.3) is 27.8 Å². The molecule has 0 spiro atoms. The molecular weight excluding hydrogens is 388 g/mol. The number of aryl methyl sites for hydroxylation is 1. The summed E-state index contributed by atoms with van der Waals surface area (Å²) in [4.78, 5) is 23.3. The van der Waals surface area contributed by atoms with E-state index in [2.05, 4.69) is 44.9 Å². The van der Waals surface area contributed by atoms with Crippen LogP contribution in [0.1, 0.15) is 16.1 Å². The van der Waals surface area contributed by atoms with Gasteiger partial charge in [-0.1, -0.05) is 6.07 Å². The molecule has 0 atom stereocenters. The number of imidazole rings is 1. The first-order valence-electron chi connectivity index (χ1n) is 9.72. The van der Waals surface area contributed by atoms with Crippen LogP contribution >= 0.6 is 0 Å². The Morgan fingerprint density at radius 3 is 2.65 bits per heavy atom. The van der Waals surface area contributed by atoms with Gasteiger partial charge in [-0.3, -0.25) is 9.20 Å². The first-order valence-corrected chi connectivity index (χ1v) is 9.72. The molecule has 3 heterocycles. The zero-order valence-corrected chi connectivity index (χ0v) is 17.0. The molecule has 5 rings (SSSR count). The zero-order valence-electron chi connectivity index (χ0n) is 17.0. The molecule has 0 saturated carbocycles. The second kappa shape index (κ2) is 7.11. The summed E-state index contributed by atoms with van der Waals surface area (Å²) in [6.07, 6.45) is 7.14. The van der Waals surface area contributed by atoms with Gasteiger partial charge in [0.25, 0.3) is 5.91 Å². The van der Waals surface area contributed by atoms with Crippen LogP contribution in [0.5, 0.6) is 0 Å². The standard InChI is InChI=1S/C24H18N6O/c1-28-10-9-18-11-17(5-8-21(18)28)22-13-27-23-14-26-20(15-30(22)23)24(31)29(2)19-6-3-16(12-25)4-7-19/h3-11,13-15H,1-2H3. The molecule has 2 aromatic carbocycles. The molecule has 0 bridgehead atoms. The van der Waals surface area contributed by atoms with Crippen molar-refractivity contribution in [2.45, 2.75) is 0 Å². The Kier molecular flexibility index (Phi) is 4.26. The molecule has 0 N–H and O–H groups in total. The molecule has 0 aliphatic carbocycles. The lowest BCUT2D eigenvalue weighted by Crippen LogP contribution is -2.27. The van der Waals surface area contributed by atoms with E-state index in [1.165, 1.54) is 4.90 Å². The van der Waals surface area contributed by atoms with E-state index < -0.39 is 0 Å². The van der Waals surface area contributed by atoms with E-state index in [0.29, 0.717) is 22.6 Å². The second-order valence-electron chi connectivity index (χ2n) is 7.37. The Balaban J connectivity index is 1.53. The van der Waals surface area contributed by atoms with Gasteiger partial charge in [-0.25, -0.2) is 9.97 Å². The highest BCUT2D eigenvalue weighted by Crippen LogP contribution is 2.26. The number of hydrogen-bond acceptors (Lipinski definition) is 4. The van der Waals surface area contributed by atoms with Crippen molar-refractivity contribution in [3.63, 3.8) is 0 Å². The maximum Gasteiger partial charge on any atom is 0.278 e. The van der Waals surface area contributed by atoms with E-state index in [4.69, 9.17) is 5.26 Å². The number of fused-ring (bicyclic) bond motifs is 2. The Morgan fingerprint density at radius 1 is 1.06 bits per heavy atom. The van der Waals surface area contributed by atoms with Gasteiger partial charge in [0.05, 0.1) is 29.7 Å². The summed E-state index contributed by atoms with van der Waals surface area (Å²) in [5.41, 5.74) is 5.25. The maximum absolute atomic E-state index is 13.1. The number of carbonyl (C=O) groups is 1. The molecule has 5 aromatic rings. The first-order chi connectivity index (χ1) is 15.0. The fourth-order valence-corrected chi connectivity index (χ4v) is 3.70. The van der Waals surface area contributed by atoms with Gasteiger partial charge < -0.3 is 9.47 Å². The van der Waals surface area contributed by atoms with E-state index in [1.54, 1.807) is 49.9 Å². The minimum absolute atomic E-state index is 0.246. The largest absolute Gasteiger partial charge is 0.351 e. The van der Waals surface area contributed by atoms with Crippen LogP contribution in [0, 0.1) is 11.3 Å². The lowest BCUT2D eigenvalue weighted by atomic mass is 10.1. The fraction of sp³-hybridized carbons (Fsp3) is 0.0833. The summed E-state index contributed by atoms with van der Waals surface area (Å²) in [7, 11) is 3.71. The highest BCUT2D eigenvalue weighted by molar-refractivity contribution is 6.04. The van der Waals surface area contributed by atoms with E-state index >= 15 is 0 Å². The number of rotatable bonds is 3. The maximum atomic E-state index is 13.1. The predicted octanol–water partition coefficient (Wildman–Crippen LogP) is 4.04. The molecular formula is C24H18N6O. The Hall–Kier alpha value is -4.44. The van der Waals surface area contributed by atoms with Crippen LogP contribution < -0.4 is 4.90 Å². The number of nitriles is 1. The lowest BCUT2D eigenvalue weighted by molar-refractivity contribution is 0.0988. The molecule has 7 nitrogen and oxygen atoms in total. The molecule has 0 saturated heterocycles. The third-order valence-corrected chi connectivity index (χ3v) is 5.48. The monoisotopic (exact) mass is 406 g/mol. The summed E-state index contributed by atoms with van der Waals surface area (Å²) in [6, 6.07) is 17.3. The highest BCUT2D eigenvalue weighted by Gasteiger charge is 2.17. The van der Waals surface area contributed by atoms with Crippen molar-refractivity contribution in [3.8, 4) is 17.3 Å². The van der Waals surface area contributed by atoms with Crippen molar-refractivity contribution in [1.82, 2.24) is 18.9 Å². The fourth-order valence-electron chi connectivity index (χ4n) is 3.70. The molecule has 31 heavy (non-hydrogen) atoms. The third-order valence-electron chi connectivity index (χ3n) is 5.48. The van der Waals surface area contributed by atoms with Crippen LogP contribution in [0.2, 0.25) is 0 Å². The minimum atomic E-state index is -0.246. The molecule has 150 valence electrons. The van der Waals surface area contributed by atoms with E-state index in [0.717, 1.165) is 22.2 Å². The van der Waals surface area contributed by atoms with Crippen LogP contribution in [0.15, 0.2) is 73.3 Å². The summed E-state index contributed by atoms with van der Waals surface area (Å²) in [6.45, 7) is 0. The van der Waals surface area contributed by atoms with Gasteiger partial charge >= 0.3 is 0 Å². The number of carbonyl (C=O) groups excluding carboxylic acids is 1.